The van der Waals surface area contributed by atoms with Crippen LogP contribution in [-0.4, -0.2) is 31.2 Å². The SMILES string of the molecule is Cc1ccc2cc(COC(=O)c3ccc(-n4cnnn4)cc3)c(Cl)nc2c1C. The van der Waals surface area contributed by atoms with Gasteiger partial charge in [-0.15, -0.1) is 5.10 Å². The number of carbonyl (C=O) groups excluding carboxylic acids is 1. The van der Waals surface area contributed by atoms with E-state index in [2.05, 4.69) is 20.5 Å². The molecule has 0 atom stereocenters. The highest BCUT2D eigenvalue weighted by Gasteiger charge is 2.12. The van der Waals surface area contributed by atoms with Gasteiger partial charge < -0.3 is 4.74 Å². The average Bonchev–Trinajstić information content (AvgIpc) is 3.25. The molecule has 28 heavy (non-hydrogen) atoms. The minimum atomic E-state index is -0.445. The number of carbonyl (C=O) groups is 1. The zero-order chi connectivity index (χ0) is 19.7. The molecule has 0 saturated carbocycles. The first kappa shape index (κ1) is 18.1. The maximum atomic E-state index is 12.4. The number of halogens is 1. The molecule has 8 heteroatoms. The van der Waals surface area contributed by atoms with Gasteiger partial charge in [-0.05, 0) is 65.7 Å². The quantitative estimate of drug-likeness (QED) is 0.387. The molecular weight excluding hydrogens is 378 g/mol. The van der Waals surface area contributed by atoms with Gasteiger partial charge in [0.25, 0.3) is 0 Å². The van der Waals surface area contributed by atoms with Crippen molar-refractivity contribution in [2.75, 3.05) is 0 Å². The predicted octanol–water partition coefficient (Wildman–Crippen LogP) is 3.84. The van der Waals surface area contributed by atoms with Gasteiger partial charge in [0.1, 0.15) is 18.1 Å². The Balaban J connectivity index is 1.50. The van der Waals surface area contributed by atoms with Crippen LogP contribution in [0.15, 0.2) is 48.8 Å². The molecule has 2 heterocycles. The molecule has 0 aliphatic heterocycles. The lowest BCUT2D eigenvalue weighted by atomic mass is 10.0. The topological polar surface area (TPSA) is 82.8 Å². The van der Waals surface area contributed by atoms with Gasteiger partial charge in [0.2, 0.25) is 0 Å². The van der Waals surface area contributed by atoms with E-state index < -0.39 is 5.97 Å². The summed E-state index contributed by atoms with van der Waals surface area (Å²) in [5.74, 6) is -0.445. The molecule has 0 amide bonds. The molecule has 140 valence electrons. The number of nitrogens with zero attached hydrogens (tertiary/aromatic N) is 5. The number of ether oxygens (including phenoxy) is 1. The molecule has 2 aromatic heterocycles. The number of esters is 1. The van der Waals surface area contributed by atoms with Gasteiger partial charge in [-0.25, -0.2) is 14.5 Å². The summed E-state index contributed by atoms with van der Waals surface area (Å²) in [6, 6.07) is 12.7. The van der Waals surface area contributed by atoms with Crippen LogP contribution in [0, 0.1) is 13.8 Å². The van der Waals surface area contributed by atoms with Gasteiger partial charge in [0.05, 0.1) is 16.8 Å². The number of pyridine rings is 1. The zero-order valence-corrected chi connectivity index (χ0v) is 16.0. The Morgan fingerprint density at radius 3 is 2.64 bits per heavy atom. The van der Waals surface area contributed by atoms with E-state index in [1.807, 2.05) is 32.0 Å². The molecule has 0 saturated heterocycles. The van der Waals surface area contributed by atoms with Crippen molar-refractivity contribution in [2.45, 2.75) is 20.5 Å². The molecule has 0 N–H and O–H groups in total. The Bertz CT molecular complexity index is 1160. The number of aromatic nitrogens is 5. The van der Waals surface area contributed by atoms with Crippen LogP contribution in [-0.2, 0) is 11.3 Å². The Morgan fingerprint density at radius 2 is 1.93 bits per heavy atom. The van der Waals surface area contributed by atoms with E-state index in [0.717, 1.165) is 27.7 Å². The molecule has 0 unspecified atom stereocenters. The van der Waals surface area contributed by atoms with Crippen LogP contribution in [0.4, 0.5) is 0 Å². The van der Waals surface area contributed by atoms with E-state index in [1.165, 1.54) is 11.0 Å². The Hall–Kier alpha value is -3.32. The fraction of sp³-hybridized carbons (Fsp3) is 0.150. The minimum absolute atomic E-state index is 0.0439. The van der Waals surface area contributed by atoms with E-state index in [-0.39, 0.29) is 6.61 Å². The van der Waals surface area contributed by atoms with E-state index in [4.69, 9.17) is 16.3 Å². The third-order valence-corrected chi connectivity index (χ3v) is 4.94. The first-order chi connectivity index (χ1) is 13.5. The molecular formula is C20H16ClN5O2. The highest BCUT2D eigenvalue weighted by Crippen LogP contribution is 2.25. The summed E-state index contributed by atoms with van der Waals surface area (Å²) in [4.78, 5) is 16.8. The number of fused-ring (bicyclic) bond motifs is 1. The van der Waals surface area contributed by atoms with Crippen LogP contribution in [0.25, 0.3) is 16.6 Å². The van der Waals surface area contributed by atoms with Crippen molar-refractivity contribution in [3.63, 3.8) is 0 Å². The van der Waals surface area contributed by atoms with Gasteiger partial charge in [-0.2, -0.15) is 0 Å². The average molecular weight is 394 g/mol. The summed E-state index contributed by atoms with van der Waals surface area (Å²) in [5.41, 5.74) is 4.93. The number of tetrazole rings is 1. The first-order valence-electron chi connectivity index (χ1n) is 8.59. The van der Waals surface area contributed by atoms with Gasteiger partial charge in [-0.3, -0.25) is 0 Å². The molecule has 2 aromatic carbocycles. The number of hydrogen-bond acceptors (Lipinski definition) is 6. The second-order valence-corrected chi connectivity index (χ2v) is 6.75. The maximum absolute atomic E-state index is 12.4. The maximum Gasteiger partial charge on any atom is 0.338 e. The Kier molecular flexibility index (Phi) is 4.75. The van der Waals surface area contributed by atoms with Crippen molar-refractivity contribution in [1.82, 2.24) is 25.2 Å². The van der Waals surface area contributed by atoms with Gasteiger partial charge >= 0.3 is 5.97 Å². The molecule has 4 rings (SSSR count). The molecule has 0 aliphatic carbocycles. The van der Waals surface area contributed by atoms with Gasteiger partial charge in [-0.1, -0.05) is 23.7 Å². The van der Waals surface area contributed by atoms with Crippen LogP contribution in [0.5, 0.6) is 0 Å². The molecule has 0 bridgehead atoms. The fourth-order valence-corrected chi connectivity index (χ4v) is 3.06. The number of aryl methyl sites for hydroxylation is 2. The number of rotatable bonds is 4. The monoisotopic (exact) mass is 393 g/mol. The van der Waals surface area contributed by atoms with Crippen LogP contribution in [0.1, 0.15) is 27.0 Å². The Labute approximate surface area is 165 Å². The normalized spacial score (nSPS) is 11.0. The highest BCUT2D eigenvalue weighted by molar-refractivity contribution is 6.30. The lowest BCUT2D eigenvalue weighted by Gasteiger charge is -2.10. The van der Waals surface area contributed by atoms with Crippen molar-refractivity contribution >= 4 is 28.5 Å². The summed E-state index contributed by atoms with van der Waals surface area (Å²) >= 11 is 6.31. The lowest BCUT2D eigenvalue weighted by Crippen LogP contribution is -2.06. The molecule has 0 radical (unpaired) electrons. The molecule has 4 aromatic rings. The third kappa shape index (κ3) is 3.44. The summed E-state index contributed by atoms with van der Waals surface area (Å²) in [5, 5.41) is 12.3. The summed E-state index contributed by atoms with van der Waals surface area (Å²) in [6.07, 6.45) is 1.48. The third-order valence-electron chi connectivity index (χ3n) is 4.61. The van der Waals surface area contributed by atoms with Crippen LogP contribution in [0.2, 0.25) is 5.15 Å². The summed E-state index contributed by atoms with van der Waals surface area (Å²) < 4.78 is 6.92. The predicted molar refractivity (Wildman–Crippen MR) is 105 cm³/mol. The van der Waals surface area contributed by atoms with E-state index in [0.29, 0.717) is 16.3 Å². The fourth-order valence-electron chi connectivity index (χ4n) is 2.86. The molecule has 7 nitrogen and oxygen atoms in total. The van der Waals surface area contributed by atoms with Crippen molar-refractivity contribution < 1.29 is 9.53 Å². The number of benzene rings is 2. The first-order valence-corrected chi connectivity index (χ1v) is 8.96. The van der Waals surface area contributed by atoms with Crippen LogP contribution >= 0.6 is 11.6 Å². The summed E-state index contributed by atoms with van der Waals surface area (Å²) in [6.45, 7) is 4.09. The van der Waals surface area contributed by atoms with Crippen LogP contribution < -0.4 is 0 Å². The second kappa shape index (κ2) is 7.36. The van der Waals surface area contributed by atoms with Crippen molar-refractivity contribution in [3.05, 3.63) is 76.2 Å². The lowest BCUT2D eigenvalue weighted by molar-refractivity contribution is 0.0472. The number of hydrogen-bond donors (Lipinski definition) is 0. The highest BCUT2D eigenvalue weighted by atomic mass is 35.5. The molecule has 0 fully saturated rings. The van der Waals surface area contributed by atoms with E-state index in [9.17, 15) is 4.79 Å². The van der Waals surface area contributed by atoms with Gasteiger partial charge in [0, 0.05) is 10.9 Å². The largest absolute Gasteiger partial charge is 0.457 e. The minimum Gasteiger partial charge on any atom is -0.457 e. The van der Waals surface area contributed by atoms with Crippen molar-refractivity contribution in [2.24, 2.45) is 0 Å². The summed E-state index contributed by atoms with van der Waals surface area (Å²) in [7, 11) is 0. The van der Waals surface area contributed by atoms with E-state index in [1.54, 1.807) is 24.3 Å². The van der Waals surface area contributed by atoms with Crippen molar-refractivity contribution in [1.29, 1.82) is 0 Å². The molecule has 0 aliphatic rings. The van der Waals surface area contributed by atoms with Gasteiger partial charge in [0.15, 0.2) is 0 Å². The van der Waals surface area contributed by atoms with Crippen molar-refractivity contribution in [3.8, 4) is 5.69 Å². The van der Waals surface area contributed by atoms with E-state index >= 15 is 0 Å². The zero-order valence-electron chi connectivity index (χ0n) is 15.3. The standard InChI is InChI=1S/C20H16ClN5O2/c1-12-3-4-15-9-16(19(21)23-18(15)13(12)2)10-28-20(27)14-5-7-17(8-6-14)26-11-22-24-25-26/h3-9,11H,10H2,1-2H3. The molecule has 0 spiro atoms. The second-order valence-electron chi connectivity index (χ2n) is 6.39. The Morgan fingerprint density at radius 1 is 1.14 bits per heavy atom. The van der Waals surface area contributed by atoms with Crippen LogP contribution in [0.3, 0.4) is 0 Å². The smallest absolute Gasteiger partial charge is 0.338 e.